The summed E-state index contributed by atoms with van der Waals surface area (Å²) in [6.45, 7) is 2.70. The zero-order chi connectivity index (χ0) is 21.9. The number of aromatic nitrogens is 2. The van der Waals surface area contributed by atoms with Crippen molar-refractivity contribution in [2.75, 3.05) is 41.7 Å². The Morgan fingerprint density at radius 2 is 1.75 bits per heavy atom. The third kappa shape index (κ3) is 4.31. The van der Waals surface area contributed by atoms with Crippen molar-refractivity contribution in [2.45, 2.75) is 0 Å². The second-order valence-electron chi connectivity index (χ2n) is 7.40. The van der Waals surface area contributed by atoms with Gasteiger partial charge >= 0.3 is 6.03 Å². The molecule has 1 saturated heterocycles. The van der Waals surface area contributed by atoms with Crippen molar-refractivity contribution in [1.82, 2.24) is 14.9 Å². The summed E-state index contributed by atoms with van der Waals surface area (Å²) in [4.78, 5) is 25.1. The molecule has 3 heterocycles. The van der Waals surface area contributed by atoms with Gasteiger partial charge in [-0.3, -0.25) is 5.32 Å². The number of hydrogen-bond donors (Lipinski definition) is 2. The second kappa shape index (κ2) is 8.76. The monoisotopic (exact) mass is 448 g/mol. The third-order valence-corrected chi connectivity index (χ3v) is 5.63. The summed E-state index contributed by atoms with van der Waals surface area (Å²) in [6, 6.07) is 19.4. The third-order valence-electron chi connectivity index (χ3n) is 5.33. The van der Waals surface area contributed by atoms with Crippen LogP contribution in [0.15, 0.2) is 71.3 Å². The maximum atomic E-state index is 12.5. The topological polar surface area (TPSA) is 86.5 Å². The number of amides is 2. The molecule has 2 aromatic carbocycles. The maximum absolute atomic E-state index is 12.5. The number of carbonyl (C=O) groups excluding carboxylic acids is 1. The highest BCUT2D eigenvalue weighted by Gasteiger charge is 2.22. The lowest BCUT2D eigenvalue weighted by Gasteiger charge is -2.36. The maximum Gasteiger partial charge on any atom is 0.323 e. The fourth-order valence-electron chi connectivity index (χ4n) is 3.63. The summed E-state index contributed by atoms with van der Waals surface area (Å²) < 4.78 is 5.71. The molecule has 1 aliphatic heterocycles. The van der Waals surface area contributed by atoms with Crippen LogP contribution >= 0.6 is 11.6 Å². The van der Waals surface area contributed by atoms with Crippen LogP contribution in [0.3, 0.4) is 0 Å². The Bertz CT molecular complexity index is 1200. The molecule has 0 radical (unpaired) electrons. The first kappa shape index (κ1) is 20.1. The van der Waals surface area contributed by atoms with Gasteiger partial charge in [0.2, 0.25) is 0 Å². The lowest BCUT2D eigenvalue weighted by molar-refractivity contribution is 0.208. The number of fused-ring (bicyclic) bond motifs is 1. The van der Waals surface area contributed by atoms with E-state index in [4.69, 9.17) is 16.0 Å². The van der Waals surface area contributed by atoms with Crippen LogP contribution in [0.4, 0.5) is 28.0 Å². The second-order valence-corrected chi connectivity index (χ2v) is 7.80. The molecule has 2 aromatic heterocycles. The van der Waals surface area contributed by atoms with E-state index in [1.54, 1.807) is 23.2 Å². The van der Waals surface area contributed by atoms with Crippen molar-refractivity contribution in [1.29, 1.82) is 0 Å². The van der Waals surface area contributed by atoms with E-state index in [0.717, 1.165) is 35.6 Å². The van der Waals surface area contributed by atoms with Crippen LogP contribution in [0.5, 0.6) is 0 Å². The van der Waals surface area contributed by atoms with Crippen LogP contribution in [0.1, 0.15) is 0 Å². The number of rotatable bonds is 4. The number of oxazole rings is 1. The number of carbonyl (C=O) groups is 1. The highest BCUT2D eigenvalue weighted by molar-refractivity contribution is 6.33. The van der Waals surface area contributed by atoms with Crippen LogP contribution in [0.2, 0.25) is 5.02 Å². The first-order chi connectivity index (χ1) is 15.7. The van der Waals surface area contributed by atoms with E-state index in [1.807, 2.05) is 48.5 Å². The highest BCUT2D eigenvalue weighted by Crippen LogP contribution is 2.25. The van der Waals surface area contributed by atoms with Gasteiger partial charge in [-0.15, -0.1) is 0 Å². The predicted molar refractivity (Wildman–Crippen MR) is 126 cm³/mol. The molecule has 0 unspecified atom stereocenters. The average molecular weight is 449 g/mol. The molecule has 1 fully saturated rings. The first-order valence-corrected chi connectivity index (χ1v) is 10.7. The molecule has 32 heavy (non-hydrogen) atoms. The van der Waals surface area contributed by atoms with Crippen molar-refractivity contribution in [3.8, 4) is 0 Å². The quantitative estimate of drug-likeness (QED) is 0.458. The van der Waals surface area contributed by atoms with Crippen LogP contribution in [0.25, 0.3) is 11.1 Å². The smallest absolute Gasteiger partial charge is 0.323 e. The number of pyridine rings is 1. The number of piperazine rings is 1. The van der Waals surface area contributed by atoms with E-state index in [-0.39, 0.29) is 6.03 Å². The Kier molecular flexibility index (Phi) is 5.51. The largest absolute Gasteiger partial charge is 0.423 e. The Hall–Kier alpha value is -3.78. The normalized spacial score (nSPS) is 13.9. The van der Waals surface area contributed by atoms with Crippen molar-refractivity contribution in [2.24, 2.45) is 0 Å². The summed E-state index contributed by atoms with van der Waals surface area (Å²) >= 11 is 6.08. The van der Waals surface area contributed by atoms with E-state index in [1.165, 1.54) is 0 Å². The van der Waals surface area contributed by atoms with Crippen LogP contribution in [-0.4, -0.2) is 47.1 Å². The van der Waals surface area contributed by atoms with Crippen molar-refractivity contribution >= 4 is 51.9 Å². The van der Waals surface area contributed by atoms with Gasteiger partial charge in [0.15, 0.2) is 11.4 Å². The van der Waals surface area contributed by atoms with E-state index in [0.29, 0.717) is 29.9 Å². The van der Waals surface area contributed by atoms with Gasteiger partial charge in [0.05, 0.1) is 5.02 Å². The molecule has 5 rings (SSSR count). The number of benzene rings is 2. The number of para-hydroxylation sites is 2. The number of urea groups is 1. The zero-order valence-corrected chi connectivity index (χ0v) is 17.9. The highest BCUT2D eigenvalue weighted by atomic mass is 35.5. The Labute approximate surface area is 189 Å². The molecule has 2 N–H and O–H groups in total. The van der Waals surface area contributed by atoms with Crippen LogP contribution in [-0.2, 0) is 0 Å². The van der Waals surface area contributed by atoms with Gasteiger partial charge in [0, 0.05) is 43.8 Å². The van der Waals surface area contributed by atoms with Gasteiger partial charge in [-0.05, 0) is 48.5 Å². The average Bonchev–Trinajstić information content (AvgIpc) is 3.23. The molecule has 0 aliphatic carbocycles. The SMILES string of the molecule is O=C(Nc1ncccc1Cl)N1CCN(c2ccc(Nc3nc4ccccc4o3)cc2)CC1. The number of hydrogen-bond acceptors (Lipinski definition) is 6. The van der Waals surface area contributed by atoms with Crippen LogP contribution < -0.4 is 15.5 Å². The van der Waals surface area contributed by atoms with E-state index < -0.39 is 0 Å². The molecular formula is C23H21ClN6O2. The number of halogens is 1. The molecule has 1 aliphatic rings. The molecular weight excluding hydrogens is 428 g/mol. The van der Waals surface area contributed by atoms with E-state index in [9.17, 15) is 4.79 Å². The molecule has 8 nitrogen and oxygen atoms in total. The summed E-state index contributed by atoms with van der Waals surface area (Å²) in [5.41, 5.74) is 3.56. The summed E-state index contributed by atoms with van der Waals surface area (Å²) in [6.07, 6.45) is 1.60. The summed E-state index contributed by atoms with van der Waals surface area (Å²) in [7, 11) is 0. The van der Waals surface area contributed by atoms with Gasteiger partial charge in [0.25, 0.3) is 6.01 Å². The van der Waals surface area contributed by atoms with Gasteiger partial charge in [-0.2, -0.15) is 4.98 Å². The molecule has 2 amide bonds. The lowest BCUT2D eigenvalue weighted by Crippen LogP contribution is -2.50. The molecule has 0 spiro atoms. The minimum absolute atomic E-state index is 0.192. The Morgan fingerprint density at radius 1 is 0.969 bits per heavy atom. The fourth-order valence-corrected chi connectivity index (χ4v) is 3.80. The number of nitrogens with zero attached hydrogens (tertiary/aromatic N) is 4. The molecule has 0 bridgehead atoms. The molecule has 0 atom stereocenters. The number of anilines is 4. The standard InChI is InChI=1S/C23H21ClN6O2/c24-18-4-3-11-25-21(18)28-23(31)30-14-12-29(13-15-30)17-9-7-16(8-10-17)26-22-27-19-5-1-2-6-20(19)32-22/h1-11H,12-15H2,(H,26,27)(H,25,28,31). The van der Waals surface area contributed by atoms with Crippen LogP contribution in [0, 0.1) is 0 Å². The predicted octanol–water partition coefficient (Wildman–Crippen LogP) is 4.97. The lowest BCUT2D eigenvalue weighted by atomic mass is 10.2. The molecule has 4 aromatic rings. The number of nitrogens with one attached hydrogen (secondary N) is 2. The van der Waals surface area contributed by atoms with Gasteiger partial charge in [-0.25, -0.2) is 9.78 Å². The van der Waals surface area contributed by atoms with Crippen molar-refractivity contribution in [3.63, 3.8) is 0 Å². The van der Waals surface area contributed by atoms with Gasteiger partial charge < -0.3 is 19.5 Å². The minimum atomic E-state index is -0.192. The first-order valence-electron chi connectivity index (χ1n) is 10.3. The summed E-state index contributed by atoms with van der Waals surface area (Å²) in [5.74, 6) is 0.378. The fraction of sp³-hybridized carbons (Fsp3) is 0.174. The van der Waals surface area contributed by atoms with E-state index >= 15 is 0 Å². The molecule has 162 valence electrons. The minimum Gasteiger partial charge on any atom is -0.423 e. The van der Waals surface area contributed by atoms with Crippen molar-refractivity contribution in [3.05, 3.63) is 71.9 Å². The Morgan fingerprint density at radius 3 is 2.50 bits per heavy atom. The zero-order valence-electron chi connectivity index (χ0n) is 17.2. The summed E-state index contributed by atoms with van der Waals surface area (Å²) in [5, 5.41) is 6.40. The van der Waals surface area contributed by atoms with Gasteiger partial charge in [-0.1, -0.05) is 23.7 Å². The Balaban J connectivity index is 1.17. The van der Waals surface area contributed by atoms with Gasteiger partial charge in [0.1, 0.15) is 5.52 Å². The molecule has 9 heteroatoms. The van der Waals surface area contributed by atoms with E-state index in [2.05, 4.69) is 25.5 Å². The van der Waals surface area contributed by atoms with Crippen molar-refractivity contribution < 1.29 is 9.21 Å². The molecule has 0 saturated carbocycles.